The molecule has 4 N–H and O–H groups in total. The van der Waals surface area contributed by atoms with E-state index in [0.29, 0.717) is 11.6 Å². The van der Waals surface area contributed by atoms with Crippen LogP contribution in [0.5, 0.6) is 0 Å². The van der Waals surface area contributed by atoms with E-state index in [1.807, 2.05) is 17.7 Å². The molecule has 0 aliphatic rings. The Labute approximate surface area is 87.0 Å². The van der Waals surface area contributed by atoms with Gasteiger partial charge in [0.1, 0.15) is 17.5 Å². The maximum absolute atomic E-state index is 5.59. The van der Waals surface area contributed by atoms with Crippen molar-refractivity contribution in [3.05, 3.63) is 24.3 Å². The molecule has 0 aliphatic heterocycles. The second-order valence-electron chi connectivity index (χ2n) is 3.08. The Balaban J connectivity index is 2.53. The Morgan fingerprint density at radius 1 is 1.33 bits per heavy atom. The van der Waals surface area contributed by atoms with Gasteiger partial charge in [-0.15, -0.1) is 0 Å². The van der Waals surface area contributed by atoms with E-state index in [4.69, 9.17) is 11.5 Å². The fourth-order valence-electron chi connectivity index (χ4n) is 1.40. The Morgan fingerprint density at radius 3 is 2.80 bits per heavy atom. The SMILES string of the molecule is CCc1nccn1-c1cc(N)nc(N)n1. The standard InChI is InChI=1S/C9H12N6/c1-2-7-12-3-4-15(7)8-5-6(10)13-9(11)14-8/h3-5H,2H2,1H3,(H4,10,11,13,14). The van der Waals surface area contributed by atoms with Crippen LogP contribution in [0, 0.1) is 0 Å². The van der Waals surface area contributed by atoms with Crippen LogP contribution in [0.25, 0.3) is 5.82 Å². The molecule has 0 saturated heterocycles. The topological polar surface area (TPSA) is 95.6 Å². The number of hydrogen-bond donors (Lipinski definition) is 2. The number of nitrogen functional groups attached to an aromatic ring is 2. The van der Waals surface area contributed by atoms with Gasteiger partial charge in [0.05, 0.1) is 0 Å². The minimum Gasteiger partial charge on any atom is -0.383 e. The van der Waals surface area contributed by atoms with E-state index in [1.54, 1.807) is 12.3 Å². The van der Waals surface area contributed by atoms with Gasteiger partial charge in [0.15, 0.2) is 0 Å². The molecular formula is C9H12N6. The largest absolute Gasteiger partial charge is 0.383 e. The second kappa shape index (κ2) is 3.56. The van der Waals surface area contributed by atoms with E-state index < -0.39 is 0 Å². The lowest BCUT2D eigenvalue weighted by Crippen LogP contribution is -2.06. The molecule has 6 nitrogen and oxygen atoms in total. The van der Waals surface area contributed by atoms with Crippen molar-refractivity contribution < 1.29 is 0 Å². The number of nitrogens with zero attached hydrogens (tertiary/aromatic N) is 4. The van der Waals surface area contributed by atoms with Gasteiger partial charge in [-0.3, -0.25) is 4.57 Å². The molecule has 0 spiro atoms. The van der Waals surface area contributed by atoms with Gasteiger partial charge in [0.2, 0.25) is 5.95 Å². The van der Waals surface area contributed by atoms with E-state index in [1.165, 1.54) is 0 Å². The molecule has 0 aromatic carbocycles. The van der Waals surface area contributed by atoms with E-state index >= 15 is 0 Å². The predicted molar refractivity (Wildman–Crippen MR) is 57.4 cm³/mol. The monoisotopic (exact) mass is 204 g/mol. The molecule has 0 bridgehead atoms. The molecule has 6 heteroatoms. The van der Waals surface area contributed by atoms with Crippen LogP contribution < -0.4 is 11.5 Å². The highest BCUT2D eigenvalue weighted by Crippen LogP contribution is 2.12. The molecule has 2 aromatic rings. The first-order valence-electron chi connectivity index (χ1n) is 4.63. The van der Waals surface area contributed by atoms with Gasteiger partial charge in [-0.25, -0.2) is 4.98 Å². The fourth-order valence-corrected chi connectivity index (χ4v) is 1.40. The third-order valence-electron chi connectivity index (χ3n) is 2.03. The number of anilines is 2. The molecule has 2 heterocycles. The highest BCUT2D eigenvalue weighted by Gasteiger charge is 2.06. The van der Waals surface area contributed by atoms with Crippen LogP contribution >= 0.6 is 0 Å². The summed E-state index contributed by atoms with van der Waals surface area (Å²) >= 11 is 0. The predicted octanol–water partition coefficient (Wildman–Crippen LogP) is 0.389. The van der Waals surface area contributed by atoms with Crippen molar-refractivity contribution in [1.29, 1.82) is 0 Å². The van der Waals surface area contributed by atoms with Gasteiger partial charge < -0.3 is 11.5 Å². The van der Waals surface area contributed by atoms with E-state index in [9.17, 15) is 0 Å². The van der Waals surface area contributed by atoms with E-state index in [-0.39, 0.29) is 5.95 Å². The number of rotatable bonds is 2. The molecule has 0 aliphatic carbocycles. The number of aromatic nitrogens is 4. The van der Waals surface area contributed by atoms with Crippen LogP contribution in [0.4, 0.5) is 11.8 Å². The lowest BCUT2D eigenvalue weighted by molar-refractivity contribution is 0.865. The molecule has 0 amide bonds. The van der Waals surface area contributed by atoms with Crippen LogP contribution in [0.15, 0.2) is 18.5 Å². The zero-order valence-corrected chi connectivity index (χ0v) is 8.38. The Hall–Kier alpha value is -2.11. The summed E-state index contributed by atoms with van der Waals surface area (Å²) in [5, 5.41) is 0. The normalized spacial score (nSPS) is 10.5. The molecular weight excluding hydrogens is 192 g/mol. The summed E-state index contributed by atoms with van der Waals surface area (Å²) in [5.74, 6) is 2.08. The van der Waals surface area contributed by atoms with Crippen molar-refractivity contribution >= 4 is 11.8 Å². The molecule has 0 atom stereocenters. The zero-order valence-electron chi connectivity index (χ0n) is 8.38. The Bertz CT molecular complexity index is 455. The number of aryl methyl sites for hydroxylation is 1. The minimum absolute atomic E-state index is 0.167. The summed E-state index contributed by atoms with van der Waals surface area (Å²) in [6.07, 6.45) is 4.35. The first-order valence-corrected chi connectivity index (χ1v) is 4.63. The molecule has 0 saturated carbocycles. The molecule has 2 aromatic heterocycles. The van der Waals surface area contributed by atoms with Crippen molar-refractivity contribution in [3.63, 3.8) is 0 Å². The van der Waals surface area contributed by atoms with Gasteiger partial charge in [-0.2, -0.15) is 9.97 Å². The third-order valence-corrected chi connectivity index (χ3v) is 2.03. The molecule has 0 radical (unpaired) electrons. The number of imidazole rings is 1. The second-order valence-corrected chi connectivity index (χ2v) is 3.08. The maximum atomic E-state index is 5.59. The number of hydrogen-bond acceptors (Lipinski definition) is 5. The van der Waals surface area contributed by atoms with Gasteiger partial charge in [0.25, 0.3) is 0 Å². The average molecular weight is 204 g/mol. The van der Waals surface area contributed by atoms with Crippen molar-refractivity contribution in [2.75, 3.05) is 11.5 Å². The van der Waals surface area contributed by atoms with E-state index in [2.05, 4.69) is 15.0 Å². The van der Waals surface area contributed by atoms with Gasteiger partial charge >= 0.3 is 0 Å². The highest BCUT2D eigenvalue weighted by molar-refractivity contribution is 5.42. The van der Waals surface area contributed by atoms with Crippen molar-refractivity contribution in [2.45, 2.75) is 13.3 Å². The Kier molecular flexibility index (Phi) is 2.24. The summed E-state index contributed by atoms with van der Waals surface area (Å²) in [5.41, 5.74) is 11.1. The van der Waals surface area contributed by atoms with Gasteiger partial charge in [0, 0.05) is 24.9 Å². The molecule has 0 fully saturated rings. The highest BCUT2D eigenvalue weighted by atomic mass is 15.2. The summed E-state index contributed by atoms with van der Waals surface area (Å²) in [7, 11) is 0. The summed E-state index contributed by atoms with van der Waals surface area (Å²) in [4.78, 5) is 12.1. The third kappa shape index (κ3) is 1.74. The minimum atomic E-state index is 0.167. The van der Waals surface area contributed by atoms with Crippen molar-refractivity contribution in [3.8, 4) is 5.82 Å². The van der Waals surface area contributed by atoms with Crippen LogP contribution in [-0.4, -0.2) is 19.5 Å². The molecule has 2 rings (SSSR count). The smallest absolute Gasteiger partial charge is 0.223 e. The summed E-state index contributed by atoms with van der Waals surface area (Å²) in [6.45, 7) is 2.02. The first-order chi connectivity index (χ1) is 7.20. The van der Waals surface area contributed by atoms with Crippen LogP contribution in [0.3, 0.4) is 0 Å². The number of nitrogens with two attached hydrogens (primary N) is 2. The van der Waals surface area contributed by atoms with Crippen molar-refractivity contribution in [2.24, 2.45) is 0 Å². The van der Waals surface area contributed by atoms with Crippen LogP contribution in [-0.2, 0) is 6.42 Å². The zero-order chi connectivity index (χ0) is 10.8. The quantitative estimate of drug-likeness (QED) is 0.737. The lowest BCUT2D eigenvalue weighted by atomic mass is 10.4. The maximum Gasteiger partial charge on any atom is 0.223 e. The van der Waals surface area contributed by atoms with Crippen LogP contribution in [0.1, 0.15) is 12.7 Å². The molecule has 0 unspecified atom stereocenters. The average Bonchev–Trinajstić information content (AvgIpc) is 2.63. The van der Waals surface area contributed by atoms with Crippen molar-refractivity contribution in [1.82, 2.24) is 19.5 Å². The van der Waals surface area contributed by atoms with Gasteiger partial charge in [-0.1, -0.05) is 6.92 Å². The lowest BCUT2D eigenvalue weighted by Gasteiger charge is -2.06. The first kappa shape index (κ1) is 9.45. The molecule has 78 valence electrons. The summed E-state index contributed by atoms with van der Waals surface area (Å²) < 4.78 is 1.84. The van der Waals surface area contributed by atoms with Gasteiger partial charge in [-0.05, 0) is 0 Å². The van der Waals surface area contributed by atoms with E-state index in [0.717, 1.165) is 12.2 Å². The Morgan fingerprint density at radius 2 is 2.13 bits per heavy atom. The van der Waals surface area contributed by atoms with Crippen LogP contribution in [0.2, 0.25) is 0 Å². The fraction of sp³-hybridized carbons (Fsp3) is 0.222. The molecule has 15 heavy (non-hydrogen) atoms. The summed E-state index contributed by atoms with van der Waals surface area (Å²) in [6, 6.07) is 1.66.